The lowest BCUT2D eigenvalue weighted by atomic mass is 9.88. The quantitative estimate of drug-likeness (QED) is 0.658. The van der Waals surface area contributed by atoms with E-state index in [1.165, 1.54) is 77.2 Å². The van der Waals surface area contributed by atoms with Gasteiger partial charge in [0.05, 0.1) is 6.61 Å². The number of ether oxygens (including phenoxy) is 1. The maximum Gasteiger partial charge on any atom is 0.0587 e. The van der Waals surface area contributed by atoms with E-state index in [4.69, 9.17) is 4.74 Å². The molecule has 0 aromatic rings. The molecule has 0 bridgehead atoms. The normalized spacial score (nSPS) is 22.0. The Kier molecular flexibility index (Phi) is 8.68. The van der Waals surface area contributed by atoms with Crippen molar-refractivity contribution < 1.29 is 4.74 Å². The average Bonchev–Trinajstić information content (AvgIpc) is 2.56. The van der Waals surface area contributed by atoms with Gasteiger partial charge in [-0.25, -0.2) is 0 Å². The second-order valence-corrected chi connectivity index (χ2v) is 6.92. The highest BCUT2D eigenvalue weighted by atomic mass is 16.5. The highest BCUT2D eigenvalue weighted by Crippen LogP contribution is 2.30. The minimum absolute atomic E-state index is 0.828. The van der Waals surface area contributed by atoms with Gasteiger partial charge in [0.2, 0.25) is 0 Å². The van der Waals surface area contributed by atoms with Crippen LogP contribution in [-0.4, -0.2) is 50.3 Å². The van der Waals surface area contributed by atoms with E-state index in [1.807, 2.05) is 0 Å². The van der Waals surface area contributed by atoms with Gasteiger partial charge in [0.25, 0.3) is 0 Å². The molecule has 0 radical (unpaired) electrons. The molecule has 3 nitrogen and oxygen atoms in total. The van der Waals surface area contributed by atoms with Gasteiger partial charge in [-0.1, -0.05) is 38.5 Å². The Balaban J connectivity index is 1.74. The fourth-order valence-electron chi connectivity index (χ4n) is 4.17. The highest BCUT2D eigenvalue weighted by molar-refractivity contribution is 4.83. The number of nitrogens with one attached hydrogen (secondary N) is 1. The van der Waals surface area contributed by atoms with Crippen LogP contribution in [0.4, 0.5) is 0 Å². The van der Waals surface area contributed by atoms with Crippen molar-refractivity contribution >= 4 is 0 Å². The van der Waals surface area contributed by atoms with Crippen LogP contribution in [0.2, 0.25) is 0 Å². The van der Waals surface area contributed by atoms with Crippen molar-refractivity contribution in [2.24, 2.45) is 0 Å². The molecule has 0 atom stereocenters. The topological polar surface area (TPSA) is 24.5 Å². The van der Waals surface area contributed by atoms with E-state index in [-0.39, 0.29) is 0 Å². The van der Waals surface area contributed by atoms with Gasteiger partial charge in [-0.15, -0.1) is 0 Å². The van der Waals surface area contributed by atoms with Crippen molar-refractivity contribution in [1.82, 2.24) is 10.2 Å². The van der Waals surface area contributed by atoms with Crippen molar-refractivity contribution in [2.45, 2.75) is 82.7 Å². The summed E-state index contributed by atoms with van der Waals surface area (Å²) in [6.45, 7) is 4.26. The summed E-state index contributed by atoms with van der Waals surface area (Å²) in [5, 5.41) is 3.50. The van der Waals surface area contributed by atoms with Crippen molar-refractivity contribution in [3.63, 3.8) is 0 Å². The summed E-state index contributed by atoms with van der Waals surface area (Å²) in [4.78, 5) is 2.91. The zero-order chi connectivity index (χ0) is 14.8. The SMILES string of the molecule is COCCNCCCN(C1CCCCC1)C1CCCCC1. The summed E-state index contributed by atoms with van der Waals surface area (Å²) in [6, 6.07) is 1.78. The molecule has 0 unspecified atom stereocenters. The lowest BCUT2D eigenvalue weighted by Gasteiger charge is -2.41. The maximum absolute atomic E-state index is 5.09. The van der Waals surface area contributed by atoms with Crippen LogP contribution in [0.3, 0.4) is 0 Å². The third-order valence-corrected chi connectivity index (χ3v) is 5.34. The monoisotopic (exact) mass is 296 g/mol. The lowest BCUT2D eigenvalue weighted by Crippen LogP contribution is -2.46. The third-order valence-electron chi connectivity index (χ3n) is 5.34. The van der Waals surface area contributed by atoms with Crippen molar-refractivity contribution in [1.29, 1.82) is 0 Å². The Bertz CT molecular complexity index is 230. The highest BCUT2D eigenvalue weighted by Gasteiger charge is 2.28. The number of methoxy groups -OCH3 is 1. The van der Waals surface area contributed by atoms with E-state index in [0.29, 0.717) is 0 Å². The lowest BCUT2D eigenvalue weighted by molar-refractivity contribution is 0.0794. The van der Waals surface area contributed by atoms with E-state index in [9.17, 15) is 0 Å². The van der Waals surface area contributed by atoms with Gasteiger partial charge in [-0.3, -0.25) is 4.90 Å². The zero-order valence-corrected chi connectivity index (χ0v) is 14.1. The molecule has 0 spiro atoms. The van der Waals surface area contributed by atoms with Crippen molar-refractivity contribution in [3.8, 4) is 0 Å². The molecule has 0 aromatic heterocycles. The summed E-state index contributed by atoms with van der Waals surface area (Å²) in [5.41, 5.74) is 0. The van der Waals surface area contributed by atoms with Crippen LogP contribution in [0, 0.1) is 0 Å². The molecule has 0 amide bonds. The van der Waals surface area contributed by atoms with Crippen molar-refractivity contribution in [2.75, 3.05) is 33.4 Å². The van der Waals surface area contributed by atoms with Gasteiger partial charge in [-0.2, -0.15) is 0 Å². The number of rotatable bonds is 9. The molecule has 1 N–H and O–H groups in total. The molecular weight excluding hydrogens is 260 g/mol. The molecule has 124 valence electrons. The van der Waals surface area contributed by atoms with Gasteiger partial charge in [0.1, 0.15) is 0 Å². The van der Waals surface area contributed by atoms with Crippen LogP contribution in [-0.2, 0) is 4.74 Å². The Hall–Kier alpha value is -0.120. The van der Waals surface area contributed by atoms with Crippen LogP contribution < -0.4 is 5.32 Å². The van der Waals surface area contributed by atoms with E-state index in [0.717, 1.165) is 31.8 Å². The van der Waals surface area contributed by atoms with Crippen LogP contribution in [0.1, 0.15) is 70.6 Å². The molecule has 21 heavy (non-hydrogen) atoms. The second-order valence-electron chi connectivity index (χ2n) is 6.92. The molecule has 0 aromatic carbocycles. The smallest absolute Gasteiger partial charge is 0.0587 e. The first-order chi connectivity index (χ1) is 10.4. The fraction of sp³-hybridized carbons (Fsp3) is 1.00. The number of nitrogens with zero attached hydrogens (tertiary/aromatic N) is 1. The zero-order valence-electron chi connectivity index (χ0n) is 14.1. The Labute approximate surface area is 131 Å². The number of hydrogen-bond donors (Lipinski definition) is 1. The molecular formula is C18H36N2O. The largest absolute Gasteiger partial charge is 0.383 e. The Morgan fingerprint density at radius 2 is 1.43 bits per heavy atom. The van der Waals surface area contributed by atoms with Gasteiger partial charge >= 0.3 is 0 Å². The molecule has 2 fully saturated rings. The van der Waals surface area contributed by atoms with E-state index < -0.39 is 0 Å². The molecule has 2 rings (SSSR count). The predicted octanol–water partition coefficient (Wildman–Crippen LogP) is 3.58. The summed E-state index contributed by atoms with van der Waals surface area (Å²) < 4.78 is 5.09. The maximum atomic E-state index is 5.09. The molecule has 0 heterocycles. The first-order valence-electron chi connectivity index (χ1n) is 9.37. The Morgan fingerprint density at radius 3 is 1.95 bits per heavy atom. The van der Waals surface area contributed by atoms with Gasteiger partial charge in [-0.05, 0) is 45.2 Å². The average molecular weight is 296 g/mol. The fourth-order valence-corrected chi connectivity index (χ4v) is 4.17. The first-order valence-corrected chi connectivity index (χ1v) is 9.37. The van der Waals surface area contributed by atoms with E-state index in [1.54, 1.807) is 7.11 Å². The predicted molar refractivity (Wildman–Crippen MR) is 89.8 cm³/mol. The number of hydrogen-bond acceptors (Lipinski definition) is 3. The van der Waals surface area contributed by atoms with Crippen molar-refractivity contribution in [3.05, 3.63) is 0 Å². The summed E-state index contributed by atoms with van der Waals surface area (Å²) in [5.74, 6) is 0. The van der Waals surface area contributed by atoms with Crippen LogP contribution in [0.15, 0.2) is 0 Å². The van der Waals surface area contributed by atoms with Gasteiger partial charge < -0.3 is 10.1 Å². The Morgan fingerprint density at radius 1 is 0.857 bits per heavy atom. The molecule has 2 aliphatic carbocycles. The minimum atomic E-state index is 0.828. The summed E-state index contributed by atoms with van der Waals surface area (Å²) in [7, 11) is 1.77. The molecule has 2 aliphatic rings. The minimum Gasteiger partial charge on any atom is -0.383 e. The van der Waals surface area contributed by atoms with Gasteiger partial charge in [0, 0.05) is 25.7 Å². The molecule has 2 saturated carbocycles. The van der Waals surface area contributed by atoms with Gasteiger partial charge in [0.15, 0.2) is 0 Å². The standard InChI is InChI=1S/C18H36N2O/c1-21-16-14-19-13-8-15-20(17-9-4-2-5-10-17)18-11-6-3-7-12-18/h17-19H,2-16H2,1H3. The van der Waals surface area contributed by atoms with Crippen LogP contribution in [0.25, 0.3) is 0 Å². The second kappa shape index (κ2) is 10.6. The summed E-state index contributed by atoms with van der Waals surface area (Å²) >= 11 is 0. The molecule has 0 saturated heterocycles. The summed E-state index contributed by atoms with van der Waals surface area (Å²) in [6.07, 6.45) is 15.9. The third kappa shape index (κ3) is 6.25. The molecule has 0 aliphatic heterocycles. The van der Waals surface area contributed by atoms with E-state index >= 15 is 0 Å². The first kappa shape index (κ1) is 17.2. The van der Waals surface area contributed by atoms with Crippen LogP contribution >= 0.6 is 0 Å². The van der Waals surface area contributed by atoms with E-state index in [2.05, 4.69) is 10.2 Å². The molecule has 3 heteroatoms. The van der Waals surface area contributed by atoms with Crippen LogP contribution in [0.5, 0.6) is 0 Å².